The summed E-state index contributed by atoms with van der Waals surface area (Å²) < 4.78 is 10.3. The Balaban J connectivity index is 2.22. The highest BCUT2D eigenvalue weighted by Gasteiger charge is 2.15. The molecule has 17 heavy (non-hydrogen) atoms. The topological polar surface area (TPSA) is 71.9 Å². The van der Waals surface area contributed by atoms with Crippen LogP contribution in [0.5, 0.6) is 0 Å². The van der Waals surface area contributed by atoms with Gasteiger partial charge in [0.05, 0.1) is 11.7 Å². The molecule has 0 aliphatic heterocycles. The Labute approximate surface area is 103 Å². The van der Waals surface area contributed by atoms with E-state index in [4.69, 9.17) is 14.5 Å². The Bertz CT molecular complexity index is 541. The van der Waals surface area contributed by atoms with Crippen LogP contribution in [0.15, 0.2) is 16.0 Å². The van der Waals surface area contributed by atoms with E-state index in [9.17, 15) is 0 Å². The minimum atomic E-state index is 0.0409. The van der Waals surface area contributed by atoms with Crippen LogP contribution in [-0.4, -0.2) is 23.4 Å². The minimum absolute atomic E-state index is 0.0409. The molecule has 88 valence electrons. The summed E-state index contributed by atoms with van der Waals surface area (Å²) in [5.41, 5.74) is 0.560. The van der Waals surface area contributed by atoms with Gasteiger partial charge < -0.3 is 9.26 Å². The van der Waals surface area contributed by atoms with Crippen molar-refractivity contribution in [1.29, 1.82) is 5.26 Å². The monoisotopic (exact) mass is 249 g/mol. The first-order valence-electron chi connectivity index (χ1n) is 5.08. The first-order chi connectivity index (χ1) is 8.24. The molecule has 1 atom stereocenters. The normalized spacial score (nSPS) is 12.3. The Morgan fingerprint density at radius 3 is 3.18 bits per heavy atom. The number of thiophene rings is 1. The van der Waals surface area contributed by atoms with E-state index in [1.54, 1.807) is 13.2 Å². The highest BCUT2D eigenvalue weighted by molar-refractivity contribution is 7.13. The fourth-order valence-corrected chi connectivity index (χ4v) is 2.10. The molecule has 2 aromatic heterocycles. The van der Waals surface area contributed by atoms with Crippen LogP contribution >= 0.6 is 11.3 Å². The standard InChI is InChI=1S/C11H11N3O2S/c1-7(15-2)5-9-13-11(16-14-9)10-8(6-12)3-4-17-10/h3-4,7H,5H2,1-2H3. The van der Waals surface area contributed by atoms with Crippen LogP contribution < -0.4 is 0 Å². The van der Waals surface area contributed by atoms with E-state index in [1.807, 2.05) is 12.3 Å². The first-order valence-corrected chi connectivity index (χ1v) is 5.96. The summed E-state index contributed by atoms with van der Waals surface area (Å²) in [6.07, 6.45) is 0.631. The zero-order valence-corrected chi connectivity index (χ0v) is 10.3. The fraction of sp³-hybridized carbons (Fsp3) is 0.364. The maximum atomic E-state index is 8.91. The van der Waals surface area contributed by atoms with Gasteiger partial charge in [-0.15, -0.1) is 11.3 Å². The Hall–Kier alpha value is -1.71. The number of rotatable bonds is 4. The van der Waals surface area contributed by atoms with Gasteiger partial charge in [-0.05, 0) is 18.4 Å². The van der Waals surface area contributed by atoms with E-state index in [1.165, 1.54) is 11.3 Å². The summed E-state index contributed by atoms with van der Waals surface area (Å²) in [4.78, 5) is 4.97. The van der Waals surface area contributed by atoms with E-state index >= 15 is 0 Å². The molecule has 0 N–H and O–H groups in total. The van der Waals surface area contributed by atoms with Gasteiger partial charge in [-0.25, -0.2) is 0 Å². The number of methoxy groups -OCH3 is 1. The molecule has 0 saturated heterocycles. The first kappa shape index (κ1) is 11.8. The Morgan fingerprint density at radius 2 is 2.47 bits per heavy atom. The van der Waals surface area contributed by atoms with Gasteiger partial charge in [-0.3, -0.25) is 0 Å². The van der Waals surface area contributed by atoms with Crippen LogP contribution in [0.4, 0.5) is 0 Å². The lowest BCUT2D eigenvalue weighted by atomic mass is 10.2. The summed E-state index contributed by atoms with van der Waals surface area (Å²) in [5.74, 6) is 0.987. The second-order valence-electron chi connectivity index (χ2n) is 3.54. The van der Waals surface area contributed by atoms with Gasteiger partial charge in [0.15, 0.2) is 5.82 Å². The van der Waals surface area contributed by atoms with Crippen molar-refractivity contribution in [2.75, 3.05) is 7.11 Å². The van der Waals surface area contributed by atoms with Crippen LogP contribution in [-0.2, 0) is 11.2 Å². The van der Waals surface area contributed by atoms with Gasteiger partial charge in [0.25, 0.3) is 5.89 Å². The zero-order chi connectivity index (χ0) is 12.3. The van der Waals surface area contributed by atoms with E-state index in [2.05, 4.69) is 16.2 Å². The average Bonchev–Trinajstić information content (AvgIpc) is 2.95. The summed E-state index contributed by atoms with van der Waals surface area (Å²) in [7, 11) is 1.64. The van der Waals surface area contributed by atoms with Crippen molar-refractivity contribution in [1.82, 2.24) is 10.1 Å². The molecule has 2 heterocycles. The second-order valence-corrected chi connectivity index (χ2v) is 4.46. The third-order valence-electron chi connectivity index (χ3n) is 2.32. The molecule has 0 aliphatic carbocycles. The van der Waals surface area contributed by atoms with Gasteiger partial charge in [0.1, 0.15) is 10.9 Å². The van der Waals surface area contributed by atoms with Gasteiger partial charge >= 0.3 is 0 Å². The number of aromatic nitrogens is 2. The number of ether oxygens (including phenoxy) is 1. The predicted octanol–water partition coefficient (Wildman–Crippen LogP) is 2.25. The molecule has 0 aliphatic rings. The van der Waals surface area contributed by atoms with Crippen molar-refractivity contribution in [3.8, 4) is 16.8 Å². The molecule has 0 fully saturated rings. The van der Waals surface area contributed by atoms with Crippen molar-refractivity contribution in [3.63, 3.8) is 0 Å². The van der Waals surface area contributed by atoms with Crippen LogP contribution in [0.25, 0.3) is 10.8 Å². The fourth-order valence-electron chi connectivity index (χ4n) is 1.33. The van der Waals surface area contributed by atoms with Crippen molar-refractivity contribution < 1.29 is 9.26 Å². The number of nitrogens with zero attached hydrogens (tertiary/aromatic N) is 3. The van der Waals surface area contributed by atoms with Crippen molar-refractivity contribution in [3.05, 3.63) is 22.8 Å². The molecule has 0 bridgehead atoms. The molecular weight excluding hydrogens is 238 g/mol. The largest absolute Gasteiger partial charge is 0.381 e. The summed E-state index contributed by atoms with van der Waals surface area (Å²) in [5, 5.41) is 14.6. The lowest BCUT2D eigenvalue weighted by Gasteiger charge is -2.03. The van der Waals surface area contributed by atoms with E-state index in [0.717, 1.165) is 4.88 Å². The second kappa shape index (κ2) is 5.08. The van der Waals surface area contributed by atoms with Crippen LogP contribution in [0, 0.1) is 11.3 Å². The molecule has 5 nitrogen and oxygen atoms in total. The molecule has 0 amide bonds. The number of hydrogen-bond acceptors (Lipinski definition) is 6. The van der Waals surface area contributed by atoms with Gasteiger partial charge in [-0.1, -0.05) is 5.16 Å². The van der Waals surface area contributed by atoms with Crippen molar-refractivity contribution in [2.45, 2.75) is 19.4 Å². The molecule has 2 aromatic rings. The molecule has 6 heteroatoms. The molecule has 0 aromatic carbocycles. The van der Waals surface area contributed by atoms with Crippen LogP contribution in [0.2, 0.25) is 0 Å². The van der Waals surface area contributed by atoms with E-state index < -0.39 is 0 Å². The van der Waals surface area contributed by atoms with Crippen molar-refractivity contribution in [2.24, 2.45) is 0 Å². The minimum Gasteiger partial charge on any atom is -0.381 e. The third-order valence-corrected chi connectivity index (χ3v) is 3.22. The van der Waals surface area contributed by atoms with Crippen LogP contribution in [0.1, 0.15) is 18.3 Å². The Morgan fingerprint density at radius 1 is 1.65 bits per heavy atom. The SMILES string of the molecule is COC(C)Cc1noc(-c2sccc2C#N)n1. The summed E-state index contributed by atoms with van der Waals surface area (Å²) in [6.45, 7) is 1.93. The molecule has 0 saturated carbocycles. The summed E-state index contributed by atoms with van der Waals surface area (Å²) >= 11 is 1.42. The highest BCUT2D eigenvalue weighted by atomic mass is 32.1. The Kier molecular flexibility index (Phi) is 3.52. The lowest BCUT2D eigenvalue weighted by Crippen LogP contribution is -2.09. The predicted molar refractivity (Wildman–Crippen MR) is 62.5 cm³/mol. The van der Waals surface area contributed by atoms with Crippen molar-refractivity contribution >= 4 is 11.3 Å². The number of hydrogen-bond donors (Lipinski definition) is 0. The lowest BCUT2D eigenvalue weighted by molar-refractivity contribution is 0.116. The molecule has 0 radical (unpaired) electrons. The van der Waals surface area contributed by atoms with Gasteiger partial charge in [0, 0.05) is 13.5 Å². The molecular formula is C11H11N3O2S. The van der Waals surface area contributed by atoms with Gasteiger partial charge in [0.2, 0.25) is 0 Å². The highest BCUT2D eigenvalue weighted by Crippen LogP contribution is 2.27. The van der Waals surface area contributed by atoms with E-state index in [0.29, 0.717) is 23.7 Å². The van der Waals surface area contributed by atoms with E-state index in [-0.39, 0.29) is 6.10 Å². The smallest absolute Gasteiger partial charge is 0.269 e. The maximum absolute atomic E-state index is 8.91. The third kappa shape index (κ3) is 2.52. The van der Waals surface area contributed by atoms with Gasteiger partial charge in [-0.2, -0.15) is 10.2 Å². The molecule has 0 spiro atoms. The quantitative estimate of drug-likeness (QED) is 0.831. The molecule has 1 unspecified atom stereocenters. The average molecular weight is 249 g/mol. The summed E-state index contributed by atoms with van der Waals surface area (Å²) in [6, 6.07) is 3.83. The molecule has 2 rings (SSSR count). The maximum Gasteiger partial charge on any atom is 0.269 e. The van der Waals surface area contributed by atoms with Crippen LogP contribution in [0.3, 0.4) is 0 Å². The number of nitriles is 1. The zero-order valence-electron chi connectivity index (χ0n) is 9.51.